The molecule has 27 heavy (non-hydrogen) atoms. The summed E-state index contributed by atoms with van der Waals surface area (Å²) in [5, 5.41) is 7.47. The highest BCUT2D eigenvalue weighted by Crippen LogP contribution is 2.26. The maximum atomic E-state index is 13.3. The molecule has 2 amide bonds. The number of nitrogens with zero attached hydrogens (tertiary/aromatic N) is 2. The first kappa shape index (κ1) is 19.4. The van der Waals surface area contributed by atoms with Gasteiger partial charge in [-0.1, -0.05) is 0 Å². The summed E-state index contributed by atoms with van der Waals surface area (Å²) in [6.07, 6.45) is 1.45. The van der Waals surface area contributed by atoms with Gasteiger partial charge in [0.05, 0.1) is 12.2 Å². The van der Waals surface area contributed by atoms with Gasteiger partial charge in [-0.3, -0.25) is 14.5 Å². The van der Waals surface area contributed by atoms with Gasteiger partial charge in [-0.15, -0.1) is 11.3 Å². The van der Waals surface area contributed by atoms with Crippen LogP contribution in [-0.2, 0) is 9.59 Å². The molecule has 0 aliphatic carbocycles. The number of thiazole rings is 1. The summed E-state index contributed by atoms with van der Waals surface area (Å²) in [4.78, 5) is 30.1. The molecule has 0 atom stereocenters. The van der Waals surface area contributed by atoms with Crippen molar-refractivity contribution in [2.45, 2.75) is 12.8 Å². The number of carbonyl (C=O) groups is 2. The number of aromatic nitrogens is 1. The van der Waals surface area contributed by atoms with Gasteiger partial charge in [0.25, 0.3) is 0 Å². The maximum absolute atomic E-state index is 13.3. The summed E-state index contributed by atoms with van der Waals surface area (Å²) in [6, 6.07) is 3.56. The molecular weight excluding hydrogens is 374 g/mol. The van der Waals surface area contributed by atoms with E-state index >= 15 is 0 Å². The van der Waals surface area contributed by atoms with Crippen molar-refractivity contribution in [2.24, 2.45) is 5.92 Å². The topological polar surface area (TPSA) is 74.3 Å². The second-order valence-electron chi connectivity index (χ2n) is 6.38. The van der Waals surface area contributed by atoms with Gasteiger partial charge < -0.3 is 10.6 Å². The Bertz CT molecular complexity index is 835. The standard InChI is InChI=1S/C18H20F2N4O2S/c1-21-17(26)11-4-6-24(7-5-11)9-16(25)23-18-22-15(10-27-18)12-2-3-13(19)14(20)8-12/h2-3,8,10-11H,4-7,9H2,1H3,(H,21,26)(H,22,23,25). The molecule has 0 bridgehead atoms. The molecule has 144 valence electrons. The molecule has 1 aromatic heterocycles. The lowest BCUT2D eigenvalue weighted by molar-refractivity contribution is -0.126. The highest BCUT2D eigenvalue weighted by molar-refractivity contribution is 7.14. The van der Waals surface area contributed by atoms with Gasteiger partial charge in [-0.25, -0.2) is 13.8 Å². The summed E-state index contributed by atoms with van der Waals surface area (Å²) in [5.41, 5.74) is 0.919. The van der Waals surface area contributed by atoms with Gasteiger partial charge in [0.1, 0.15) is 0 Å². The lowest BCUT2D eigenvalue weighted by Crippen LogP contribution is -2.42. The molecule has 9 heteroatoms. The fraction of sp³-hybridized carbons (Fsp3) is 0.389. The second-order valence-corrected chi connectivity index (χ2v) is 7.24. The monoisotopic (exact) mass is 394 g/mol. The van der Waals surface area contributed by atoms with Crippen LogP contribution in [0, 0.1) is 17.6 Å². The molecule has 2 N–H and O–H groups in total. The summed E-state index contributed by atoms with van der Waals surface area (Å²) in [7, 11) is 1.63. The van der Waals surface area contributed by atoms with Crippen molar-refractivity contribution < 1.29 is 18.4 Å². The van der Waals surface area contributed by atoms with E-state index in [-0.39, 0.29) is 24.3 Å². The van der Waals surface area contributed by atoms with Crippen molar-refractivity contribution in [3.05, 3.63) is 35.2 Å². The molecule has 0 radical (unpaired) electrons. The zero-order valence-electron chi connectivity index (χ0n) is 14.8. The van der Waals surface area contributed by atoms with E-state index in [0.29, 0.717) is 29.5 Å². The predicted octanol–water partition coefficient (Wildman–Crippen LogP) is 2.48. The van der Waals surface area contributed by atoms with E-state index in [1.165, 1.54) is 17.4 Å². The van der Waals surface area contributed by atoms with Crippen LogP contribution in [0.3, 0.4) is 0 Å². The van der Waals surface area contributed by atoms with Crippen molar-refractivity contribution in [1.29, 1.82) is 0 Å². The molecule has 1 aliphatic heterocycles. The van der Waals surface area contributed by atoms with Gasteiger partial charge in [0.15, 0.2) is 16.8 Å². The van der Waals surface area contributed by atoms with Gasteiger partial charge >= 0.3 is 0 Å². The molecule has 2 aromatic rings. The SMILES string of the molecule is CNC(=O)C1CCN(CC(=O)Nc2nc(-c3ccc(F)c(F)c3)cs2)CC1. The van der Waals surface area contributed by atoms with E-state index in [2.05, 4.69) is 15.6 Å². The zero-order valence-corrected chi connectivity index (χ0v) is 15.6. The number of rotatable bonds is 5. The number of hydrogen-bond donors (Lipinski definition) is 2. The van der Waals surface area contributed by atoms with Crippen LogP contribution >= 0.6 is 11.3 Å². The molecule has 1 fully saturated rings. The van der Waals surface area contributed by atoms with Crippen LogP contribution in [0.5, 0.6) is 0 Å². The smallest absolute Gasteiger partial charge is 0.240 e. The van der Waals surface area contributed by atoms with Crippen LogP contribution in [0.4, 0.5) is 13.9 Å². The van der Waals surface area contributed by atoms with E-state index in [9.17, 15) is 18.4 Å². The molecule has 6 nitrogen and oxygen atoms in total. The van der Waals surface area contributed by atoms with Crippen LogP contribution in [0.25, 0.3) is 11.3 Å². The van der Waals surface area contributed by atoms with E-state index in [0.717, 1.165) is 25.0 Å². The average molecular weight is 394 g/mol. The Kier molecular flexibility index (Phi) is 6.12. The second kappa shape index (κ2) is 8.53. The van der Waals surface area contributed by atoms with Gasteiger partial charge in [0, 0.05) is 23.9 Å². The highest BCUT2D eigenvalue weighted by Gasteiger charge is 2.25. The number of anilines is 1. The van der Waals surface area contributed by atoms with Crippen LogP contribution in [0.15, 0.2) is 23.6 Å². The minimum absolute atomic E-state index is 0.00642. The van der Waals surface area contributed by atoms with Crippen molar-refractivity contribution in [2.75, 3.05) is 32.0 Å². The minimum atomic E-state index is -0.939. The van der Waals surface area contributed by atoms with E-state index in [1.54, 1.807) is 12.4 Å². The predicted molar refractivity (Wildman–Crippen MR) is 99.3 cm³/mol. The number of hydrogen-bond acceptors (Lipinski definition) is 5. The van der Waals surface area contributed by atoms with Crippen molar-refractivity contribution >= 4 is 28.3 Å². The fourth-order valence-corrected chi connectivity index (χ4v) is 3.77. The van der Waals surface area contributed by atoms with E-state index in [4.69, 9.17) is 0 Å². The molecule has 0 unspecified atom stereocenters. The van der Waals surface area contributed by atoms with Crippen LogP contribution in [0.1, 0.15) is 12.8 Å². The third-order valence-corrected chi connectivity index (χ3v) is 5.30. The Hall–Kier alpha value is -2.39. The lowest BCUT2D eigenvalue weighted by Gasteiger charge is -2.30. The van der Waals surface area contributed by atoms with E-state index in [1.807, 2.05) is 4.90 Å². The Balaban J connectivity index is 1.52. The summed E-state index contributed by atoms with van der Waals surface area (Å²) >= 11 is 1.22. The normalized spacial score (nSPS) is 15.5. The van der Waals surface area contributed by atoms with Crippen LogP contribution in [-0.4, -0.2) is 48.4 Å². The molecule has 0 spiro atoms. The molecule has 1 saturated heterocycles. The number of benzene rings is 1. The number of piperidine rings is 1. The third-order valence-electron chi connectivity index (χ3n) is 4.54. The average Bonchev–Trinajstić information content (AvgIpc) is 3.12. The van der Waals surface area contributed by atoms with Crippen molar-refractivity contribution in [3.63, 3.8) is 0 Å². The Morgan fingerprint density at radius 3 is 2.67 bits per heavy atom. The fourth-order valence-electron chi connectivity index (χ4n) is 3.04. The largest absolute Gasteiger partial charge is 0.359 e. The Morgan fingerprint density at radius 1 is 1.26 bits per heavy atom. The minimum Gasteiger partial charge on any atom is -0.359 e. The number of likely N-dealkylation sites (tertiary alicyclic amines) is 1. The summed E-state index contributed by atoms with van der Waals surface area (Å²) < 4.78 is 26.4. The van der Waals surface area contributed by atoms with Crippen molar-refractivity contribution in [1.82, 2.24) is 15.2 Å². The number of nitrogens with one attached hydrogen (secondary N) is 2. The summed E-state index contributed by atoms with van der Waals surface area (Å²) in [5.74, 6) is -1.99. The zero-order chi connectivity index (χ0) is 19.4. The molecule has 1 aromatic carbocycles. The van der Waals surface area contributed by atoms with Gasteiger partial charge in [-0.05, 0) is 44.1 Å². The lowest BCUT2D eigenvalue weighted by atomic mass is 9.96. The number of carbonyl (C=O) groups excluding carboxylic acids is 2. The first-order valence-corrected chi connectivity index (χ1v) is 9.49. The first-order valence-electron chi connectivity index (χ1n) is 8.61. The van der Waals surface area contributed by atoms with Crippen LogP contribution < -0.4 is 10.6 Å². The molecular formula is C18H20F2N4O2S. The quantitative estimate of drug-likeness (QED) is 0.817. The highest BCUT2D eigenvalue weighted by atomic mass is 32.1. The van der Waals surface area contributed by atoms with Gasteiger partial charge in [-0.2, -0.15) is 0 Å². The maximum Gasteiger partial charge on any atom is 0.240 e. The van der Waals surface area contributed by atoms with Crippen LogP contribution in [0.2, 0.25) is 0 Å². The van der Waals surface area contributed by atoms with Crippen molar-refractivity contribution in [3.8, 4) is 11.3 Å². The van der Waals surface area contributed by atoms with E-state index < -0.39 is 11.6 Å². The first-order chi connectivity index (χ1) is 13.0. The Morgan fingerprint density at radius 2 is 2.00 bits per heavy atom. The molecule has 2 heterocycles. The molecule has 0 saturated carbocycles. The summed E-state index contributed by atoms with van der Waals surface area (Å²) in [6.45, 7) is 1.59. The molecule has 1 aliphatic rings. The van der Waals surface area contributed by atoms with Gasteiger partial charge in [0.2, 0.25) is 11.8 Å². The number of amides is 2. The number of halogens is 2. The third kappa shape index (κ3) is 4.86. The Labute approximate surface area is 159 Å². The molecule has 3 rings (SSSR count).